The monoisotopic (exact) mass is 506 g/mol. The van der Waals surface area contributed by atoms with Crippen LogP contribution in [0.25, 0.3) is 5.76 Å². The average Bonchev–Trinajstić information content (AvgIpc) is 3.08. The number of benzene rings is 2. The normalized spacial score (nSPS) is 17.4. The summed E-state index contributed by atoms with van der Waals surface area (Å²) >= 11 is 3.42. The van der Waals surface area contributed by atoms with Crippen LogP contribution in [0.2, 0.25) is 0 Å². The molecular formula is C26H23BrN2O4. The van der Waals surface area contributed by atoms with E-state index in [0.29, 0.717) is 17.9 Å². The van der Waals surface area contributed by atoms with Gasteiger partial charge in [-0.15, -0.1) is 0 Å². The standard InChI is InChI=1S/C26H23BrN2O4/c1-2-13-33-21-7-3-6-19(14-21)24(30)22-23(18-8-10-20(27)11-9-18)29(26(32)25(22)31)16-17-5-4-12-28-15-17/h3-12,14-15,23,30H,2,13,16H2,1H3. The molecule has 0 radical (unpaired) electrons. The van der Waals surface area contributed by atoms with Crippen LogP contribution in [0.1, 0.15) is 36.1 Å². The number of hydrogen-bond donors (Lipinski definition) is 1. The molecule has 1 aromatic heterocycles. The topological polar surface area (TPSA) is 79.7 Å². The Labute approximate surface area is 200 Å². The van der Waals surface area contributed by atoms with E-state index in [1.807, 2.05) is 37.3 Å². The van der Waals surface area contributed by atoms with Crippen LogP contribution in [0.4, 0.5) is 0 Å². The highest BCUT2D eigenvalue weighted by molar-refractivity contribution is 9.10. The first-order chi connectivity index (χ1) is 16.0. The molecule has 6 nitrogen and oxygen atoms in total. The number of amides is 1. The lowest BCUT2D eigenvalue weighted by Gasteiger charge is -2.25. The molecule has 1 atom stereocenters. The number of carbonyl (C=O) groups is 2. The molecule has 1 aliphatic heterocycles. The van der Waals surface area contributed by atoms with Crippen molar-refractivity contribution in [2.45, 2.75) is 25.9 Å². The first kappa shape index (κ1) is 22.7. The second-order valence-corrected chi connectivity index (χ2v) is 8.63. The van der Waals surface area contributed by atoms with Gasteiger partial charge in [0.25, 0.3) is 11.7 Å². The molecule has 1 aliphatic rings. The Kier molecular flexibility index (Phi) is 6.89. The number of ketones is 1. The minimum Gasteiger partial charge on any atom is -0.507 e. The summed E-state index contributed by atoms with van der Waals surface area (Å²) in [4.78, 5) is 31.8. The van der Waals surface area contributed by atoms with E-state index in [4.69, 9.17) is 4.74 Å². The summed E-state index contributed by atoms with van der Waals surface area (Å²) < 4.78 is 6.54. The molecule has 168 valence electrons. The molecule has 4 rings (SSSR count). The number of pyridine rings is 1. The molecule has 1 saturated heterocycles. The number of carbonyl (C=O) groups excluding carboxylic acids is 2. The van der Waals surface area contributed by atoms with Crippen molar-refractivity contribution < 1.29 is 19.4 Å². The maximum atomic E-state index is 13.2. The van der Waals surface area contributed by atoms with Crippen molar-refractivity contribution in [3.8, 4) is 5.75 Å². The fraction of sp³-hybridized carbons (Fsp3) is 0.192. The lowest BCUT2D eigenvalue weighted by atomic mass is 9.95. The highest BCUT2D eigenvalue weighted by Crippen LogP contribution is 2.40. The van der Waals surface area contributed by atoms with Crippen molar-refractivity contribution in [1.29, 1.82) is 0 Å². The molecule has 0 spiro atoms. The van der Waals surface area contributed by atoms with E-state index in [-0.39, 0.29) is 17.9 Å². The number of halogens is 1. The maximum Gasteiger partial charge on any atom is 0.295 e. The van der Waals surface area contributed by atoms with E-state index < -0.39 is 17.7 Å². The number of nitrogens with zero attached hydrogens (tertiary/aromatic N) is 2. The molecule has 1 N–H and O–H groups in total. The third-order valence-corrected chi connectivity index (χ3v) is 5.91. The van der Waals surface area contributed by atoms with Crippen LogP contribution in [0.5, 0.6) is 5.75 Å². The zero-order valence-corrected chi connectivity index (χ0v) is 19.7. The Morgan fingerprint density at radius 2 is 1.91 bits per heavy atom. The summed E-state index contributed by atoms with van der Waals surface area (Å²) in [6.45, 7) is 2.74. The van der Waals surface area contributed by atoms with Crippen LogP contribution in [0.15, 0.2) is 83.1 Å². The number of ether oxygens (including phenoxy) is 1. The Morgan fingerprint density at radius 3 is 2.61 bits per heavy atom. The predicted octanol–water partition coefficient (Wildman–Crippen LogP) is 5.25. The number of Topliss-reactive ketones (excluding diaryl/α,β-unsaturated/α-hetero) is 1. The van der Waals surface area contributed by atoms with Crippen molar-refractivity contribution in [3.05, 3.63) is 99.8 Å². The molecule has 1 fully saturated rings. The molecule has 7 heteroatoms. The van der Waals surface area contributed by atoms with Gasteiger partial charge in [0.05, 0.1) is 18.2 Å². The van der Waals surface area contributed by atoms with Gasteiger partial charge in [-0.3, -0.25) is 14.6 Å². The quantitative estimate of drug-likeness (QED) is 0.268. The zero-order valence-electron chi connectivity index (χ0n) is 18.1. The van der Waals surface area contributed by atoms with Crippen LogP contribution in [-0.4, -0.2) is 33.3 Å². The number of aliphatic hydroxyl groups is 1. The van der Waals surface area contributed by atoms with Gasteiger partial charge < -0.3 is 14.7 Å². The number of aromatic nitrogens is 1. The minimum atomic E-state index is -0.737. The van der Waals surface area contributed by atoms with E-state index >= 15 is 0 Å². The summed E-state index contributed by atoms with van der Waals surface area (Å²) in [5.74, 6) is -1.02. The molecule has 1 amide bonds. The molecule has 3 aromatic rings. The van der Waals surface area contributed by atoms with Gasteiger partial charge in [0.15, 0.2) is 0 Å². The first-order valence-corrected chi connectivity index (χ1v) is 11.4. The van der Waals surface area contributed by atoms with E-state index in [1.165, 1.54) is 4.90 Å². The second-order valence-electron chi connectivity index (χ2n) is 7.72. The molecule has 0 bridgehead atoms. The van der Waals surface area contributed by atoms with E-state index in [1.54, 1.807) is 42.7 Å². The van der Waals surface area contributed by atoms with Crippen molar-refractivity contribution in [1.82, 2.24) is 9.88 Å². The van der Waals surface area contributed by atoms with Gasteiger partial charge in [-0.2, -0.15) is 0 Å². The Bertz CT molecular complexity index is 1190. The summed E-state index contributed by atoms with van der Waals surface area (Å²) in [7, 11) is 0. The second kappa shape index (κ2) is 10.0. The van der Waals surface area contributed by atoms with E-state index in [0.717, 1.165) is 22.0 Å². The minimum absolute atomic E-state index is 0.0545. The number of rotatable bonds is 7. The largest absolute Gasteiger partial charge is 0.507 e. The molecule has 33 heavy (non-hydrogen) atoms. The Morgan fingerprint density at radius 1 is 1.12 bits per heavy atom. The SMILES string of the molecule is CCCOc1cccc(C(O)=C2C(=O)C(=O)N(Cc3cccnc3)C2c2ccc(Br)cc2)c1. The van der Waals surface area contributed by atoms with Gasteiger partial charge >= 0.3 is 0 Å². The summed E-state index contributed by atoms with van der Waals surface area (Å²) in [6, 6.07) is 17.2. The van der Waals surface area contributed by atoms with Gasteiger partial charge in [0.2, 0.25) is 0 Å². The van der Waals surface area contributed by atoms with Gasteiger partial charge in [-0.25, -0.2) is 0 Å². The van der Waals surface area contributed by atoms with Crippen LogP contribution < -0.4 is 4.74 Å². The van der Waals surface area contributed by atoms with E-state index in [9.17, 15) is 14.7 Å². The smallest absolute Gasteiger partial charge is 0.295 e. The highest BCUT2D eigenvalue weighted by atomic mass is 79.9. The summed E-state index contributed by atoms with van der Waals surface area (Å²) in [6.07, 6.45) is 4.16. The van der Waals surface area contributed by atoms with Gasteiger partial charge in [-0.1, -0.05) is 53.2 Å². The average molecular weight is 507 g/mol. The van der Waals surface area contributed by atoms with Crippen LogP contribution in [0, 0.1) is 0 Å². The van der Waals surface area contributed by atoms with Crippen LogP contribution in [-0.2, 0) is 16.1 Å². The number of likely N-dealkylation sites (tertiary alicyclic amines) is 1. The van der Waals surface area contributed by atoms with Gasteiger partial charge in [0, 0.05) is 29.0 Å². The zero-order chi connectivity index (χ0) is 23.4. The molecule has 1 unspecified atom stereocenters. The molecule has 2 heterocycles. The maximum absolute atomic E-state index is 13.2. The van der Waals surface area contributed by atoms with E-state index in [2.05, 4.69) is 20.9 Å². The fourth-order valence-electron chi connectivity index (χ4n) is 3.83. The number of aliphatic hydroxyl groups excluding tert-OH is 1. The highest BCUT2D eigenvalue weighted by Gasteiger charge is 2.46. The number of hydrogen-bond acceptors (Lipinski definition) is 5. The first-order valence-electron chi connectivity index (χ1n) is 10.7. The molecule has 0 aliphatic carbocycles. The third-order valence-electron chi connectivity index (χ3n) is 5.38. The lowest BCUT2D eigenvalue weighted by molar-refractivity contribution is -0.140. The van der Waals surface area contributed by atoms with Crippen LogP contribution >= 0.6 is 15.9 Å². The Balaban J connectivity index is 1.81. The Hall–Kier alpha value is -3.45. The predicted molar refractivity (Wildman–Crippen MR) is 128 cm³/mol. The van der Waals surface area contributed by atoms with Crippen molar-refractivity contribution in [2.75, 3.05) is 6.61 Å². The van der Waals surface area contributed by atoms with Gasteiger partial charge in [-0.05, 0) is 47.9 Å². The molecular weight excluding hydrogens is 484 g/mol. The summed E-state index contributed by atoms with van der Waals surface area (Å²) in [5, 5.41) is 11.2. The third kappa shape index (κ3) is 4.83. The lowest BCUT2D eigenvalue weighted by Crippen LogP contribution is -2.29. The van der Waals surface area contributed by atoms with Gasteiger partial charge in [0.1, 0.15) is 11.5 Å². The van der Waals surface area contributed by atoms with Crippen LogP contribution in [0.3, 0.4) is 0 Å². The van der Waals surface area contributed by atoms with Crippen molar-refractivity contribution in [2.24, 2.45) is 0 Å². The molecule has 0 saturated carbocycles. The van der Waals surface area contributed by atoms with Crippen molar-refractivity contribution in [3.63, 3.8) is 0 Å². The molecule has 2 aromatic carbocycles. The van der Waals surface area contributed by atoms with Crippen molar-refractivity contribution >= 4 is 33.4 Å². The summed E-state index contributed by atoms with van der Waals surface area (Å²) in [5.41, 5.74) is 1.99. The fourth-order valence-corrected chi connectivity index (χ4v) is 4.10.